The molecule has 1 fully saturated rings. The second-order valence-electron chi connectivity index (χ2n) is 4.92. The lowest BCUT2D eigenvalue weighted by Crippen LogP contribution is -2.44. The Balaban J connectivity index is 0.00000133. The molecule has 19 heavy (non-hydrogen) atoms. The third-order valence-corrected chi connectivity index (χ3v) is 4.41. The number of benzene rings is 1. The molecule has 0 amide bonds. The zero-order valence-electron chi connectivity index (χ0n) is 10.5. The van der Waals surface area contributed by atoms with Crippen molar-refractivity contribution in [2.24, 2.45) is 5.73 Å². The fraction of sp³-hybridized carbons (Fsp3) is 0.385. The van der Waals surface area contributed by atoms with Gasteiger partial charge in [0.2, 0.25) is 0 Å². The monoisotopic (exact) mass is 391 g/mol. The standard InChI is InChI=1S/C13H14IN3O.ClH/c1-8-3-4-10(14)9(7-8)11-16-12(17-18-11)13(15)5-2-6-13;/h3-4,7H,2,5-6,15H2,1H3;1H. The van der Waals surface area contributed by atoms with Crippen LogP contribution in [0.3, 0.4) is 0 Å². The van der Waals surface area contributed by atoms with E-state index in [4.69, 9.17) is 10.3 Å². The lowest BCUT2D eigenvalue weighted by molar-refractivity contribution is 0.229. The highest BCUT2D eigenvalue weighted by atomic mass is 127. The van der Waals surface area contributed by atoms with Crippen LogP contribution in [0.15, 0.2) is 22.7 Å². The summed E-state index contributed by atoms with van der Waals surface area (Å²) in [6.45, 7) is 2.05. The van der Waals surface area contributed by atoms with E-state index >= 15 is 0 Å². The molecule has 4 nitrogen and oxygen atoms in total. The van der Waals surface area contributed by atoms with Crippen LogP contribution in [0.4, 0.5) is 0 Å². The first-order valence-corrected chi connectivity index (χ1v) is 7.06. The first-order valence-electron chi connectivity index (χ1n) is 5.98. The molecule has 0 atom stereocenters. The number of halogens is 2. The average Bonchev–Trinajstić information content (AvgIpc) is 2.79. The summed E-state index contributed by atoms with van der Waals surface area (Å²) in [4.78, 5) is 4.47. The maximum Gasteiger partial charge on any atom is 0.259 e. The van der Waals surface area contributed by atoms with Gasteiger partial charge in [0, 0.05) is 3.57 Å². The minimum absolute atomic E-state index is 0. The van der Waals surface area contributed by atoms with Crippen LogP contribution < -0.4 is 5.73 Å². The van der Waals surface area contributed by atoms with Crippen molar-refractivity contribution in [3.63, 3.8) is 0 Å². The Labute approximate surface area is 131 Å². The van der Waals surface area contributed by atoms with Gasteiger partial charge in [-0.3, -0.25) is 0 Å². The predicted octanol–water partition coefficient (Wildman–Crippen LogP) is 3.41. The Morgan fingerprint density at radius 1 is 1.37 bits per heavy atom. The van der Waals surface area contributed by atoms with Gasteiger partial charge in [0.25, 0.3) is 5.89 Å². The zero-order chi connectivity index (χ0) is 12.8. The van der Waals surface area contributed by atoms with Gasteiger partial charge in [0.15, 0.2) is 5.82 Å². The summed E-state index contributed by atoms with van der Waals surface area (Å²) in [6.07, 6.45) is 3.02. The van der Waals surface area contributed by atoms with Gasteiger partial charge in [0.1, 0.15) is 0 Å². The van der Waals surface area contributed by atoms with Crippen LogP contribution in [0, 0.1) is 10.5 Å². The lowest BCUT2D eigenvalue weighted by atomic mass is 9.77. The van der Waals surface area contributed by atoms with E-state index in [0.717, 1.165) is 28.4 Å². The van der Waals surface area contributed by atoms with E-state index in [1.807, 2.05) is 6.92 Å². The Bertz CT molecular complexity index is 595. The van der Waals surface area contributed by atoms with Crippen LogP contribution in [0.1, 0.15) is 30.7 Å². The molecule has 0 aliphatic heterocycles. The second kappa shape index (κ2) is 5.38. The van der Waals surface area contributed by atoms with Crippen LogP contribution >= 0.6 is 35.0 Å². The smallest absolute Gasteiger partial charge is 0.259 e. The molecule has 0 radical (unpaired) electrons. The van der Waals surface area contributed by atoms with Gasteiger partial charge in [-0.25, -0.2) is 0 Å². The van der Waals surface area contributed by atoms with Gasteiger partial charge < -0.3 is 10.3 Å². The molecular formula is C13H15ClIN3O. The molecular weight excluding hydrogens is 377 g/mol. The number of aromatic nitrogens is 2. The number of hydrogen-bond acceptors (Lipinski definition) is 4. The van der Waals surface area contributed by atoms with E-state index in [0.29, 0.717) is 11.7 Å². The molecule has 1 saturated carbocycles. The zero-order valence-corrected chi connectivity index (χ0v) is 13.5. The quantitative estimate of drug-likeness (QED) is 0.797. The van der Waals surface area contributed by atoms with Gasteiger partial charge >= 0.3 is 0 Å². The van der Waals surface area contributed by atoms with Gasteiger partial charge in [-0.2, -0.15) is 4.98 Å². The van der Waals surface area contributed by atoms with Gasteiger partial charge in [-0.05, 0) is 60.9 Å². The second-order valence-corrected chi connectivity index (χ2v) is 6.08. The van der Waals surface area contributed by atoms with Gasteiger partial charge in [0.05, 0.1) is 11.1 Å². The molecule has 1 aromatic heterocycles. The largest absolute Gasteiger partial charge is 0.334 e. The van der Waals surface area contributed by atoms with Crippen LogP contribution in [0.5, 0.6) is 0 Å². The minimum Gasteiger partial charge on any atom is -0.334 e. The molecule has 102 valence electrons. The molecule has 2 aromatic rings. The summed E-state index contributed by atoms with van der Waals surface area (Å²) in [5.74, 6) is 1.20. The molecule has 1 heterocycles. The van der Waals surface area contributed by atoms with Gasteiger partial charge in [-0.15, -0.1) is 12.4 Å². The molecule has 0 bridgehead atoms. The molecule has 1 aliphatic carbocycles. The first kappa shape index (κ1) is 14.7. The SMILES string of the molecule is Cc1ccc(I)c(-c2nc(C3(N)CCC3)no2)c1.Cl. The van der Waals surface area contributed by atoms with E-state index in [-0.39, 0.29) is 17.9 Å². The summed E-state index contributed by atoms with van der Waals surface area (Å²) in [5.41, 5.74) is 7.99. The fourth-order valence-corrected chi connectivity index (χ4v) is 2.69. The lowest BCUT2D eigenvalue weighted by Gasteiger charge is -2.34. The van der Waals surface area contributed by atoms with Crippen molar-refractivity contribution in [2.75, 3.05) is 0 Å². The molecule has 1 aromatic carbocycles. The summed E-state index contributed by atoms with van der Waals surface area (Å²) >= 11 is 2.27. The van der Waals surface area contributed by atoms with E-state index in [1.165, 1.54) is 5.56 Å². The Hall–Kier alpha value is -0.660. The average molecular weight is 392 g/mol. The highest BCUT2D eigenvalue weighted by Gasteiger charge is 2.39. The molecule has 3 rings (SSSR count). The van der Waals surface area contributed by atoms with Crippen LogP contribution in [-0.2, 0) is 5.54 Å². The Morgan fingerprint density at radius 3 is 2.74 bits per heavy atom. The highest BCUT2D eigenvalue weighted by Crippen LogP contribution is 2.38. The predicted molar refractivity (Wildman–Crippen MR) is 84.2 cm³/mol. The van der Waals surface area contributed by atoms with Crippen molar-refractivity contribution in [2.45, 2.75) is 31.7 Å². The Morgan fingerprint density at radius 2 is 2.11 bits per heavy atom. The number of rotatable bonds is 2. The molecule has 6 heteroatoms. The molecule has 2 N–H and O–H groups in total. The summed E-state index contributed by atoms with van der Waals surface area (Å²) < 4.78 is 6.47. The first-order chi connectivity index (χ1) is 8.58. The van der Waals surface area contributed by atoms with Crippen molar-refractivity contribution < 1.29 is 4.52 Å². The number of aryl methyl sites for hydroxylation is 1. The molecule has 1 aliphatic rings. The Kier molecular flexibility index (Phi) is 4.17. The van der Waals surface area contributed by atoms with E-state index in [2.05, 4.69) is 50.9 Å². The number of hydrogen-bond donors (Lipinski definition) is 1. The summed E-state index contributed by atoms with van der Waals surface area (Å²) in [7, 11) is 0. The summed E-state index contributed by atoms with van der Waals surface area (Å²) in [6, 6.07) is 6.18. The third-order valence-electron chi connectivity index (χ3n) is 3.47. The van der Waals surface area contributed by atoms with Crippen molar-refractivity contribution in [3.8, 4) is 11.5 Å². The summed E-state index contributed by atoms with van der Waals surface area (Å²) in [5, 5.41) is 4.04. The number of nitrogens with two attached hydrogens (primary N) is 1. The van der Waals surface area contributed by atoms with E-state index in [9.17, 15) is 0 Å². The van der Waals surface area contributed by atoms with Crippen molar-refractivity contribution in [3.05, 3.63) is 33.2 Å². The third kappa shape index (κ3) is 2.64. The van der Waals surface area contributed by atoms with Crippen LogP contribution in [0.2, 0.25) is 0 Å². The van der Waals surface area contributed by atoms with E-state index in [1.54, 1.807) is 0 Å². The van der Waals surface area contributed by atoms with Gasteiger partial charge in [-0.1, -0.05) is 16.8 Å². The van der Waals surface area contributed by atoms with E-state index < -0.39 is 0 Å². The van der Waals surface area contributed by atoms with Crippen molar-refractivity contribution in [1.82, 2.24) is 10.1 Å². The minimum atomic E-state index is -0.364. The molecule has 0 spiro atoms. The molecule has 0 unspecified atom stereocenters. The maximum atomic E-state index is 6.20. The normalized spacial score (nSPS) is 16.6. The fourth-order valence-electron chi connectivity index (χ4n) is 2.12. The van der Waals surface area contributed by atoms with Crippen LogP contribution in [0.25, 0.3) is 11.5 Å². The van der Waals surface area contributed by atoms with Crippen molar-refractivity contribution in [1.29, 1.82) is 0 Å². The van der Waals surface area contributed by atoms with Crippen molar-refractivity contribution >= 4 is 35.0 Å². The topological polar surface area (TPSA) is 64.9 Å². The molecule has 0 saturated heterocycles. The maximum absolute atomic E-state index is 6.20. The highest BCUT2D eigenvalue weighted by molar-refractivity contribution is 14.1. The number of nitrogens with zero attached hydrogens (tertiary/aromatic N) is 2. The van der Waals surface area contributed by atoms with Crippen LogP contribution in [-0.4, -0.2) is 10.1 Å².